The summed E-state index contributed by atoms with van der Waals surface area (Å²) >= 11 is 0. The lowest BCUT2D eigenvalue weighted by molar-refractivity contribution is -0.135. The Morgan fingerprint density at radius 2 is 2.00 bits per heavy atom. The van der Waals surface area contributed by atoms with Crippen molar-refractivity contribution in [2.45, 2.75) is 32.7 Å². The fourth-order valence-corrected chi connectivity index (χ4v) is 1.65. The number of nitriles is 1. The molecule has 0 aliphatic carbocycles. The third-order valence-electron chi connectivity index (χ3n) is 2.83. The van der Waals surface area contributed by atoms with Gasteiger partial charge in [0.25, 0.3) is 5.91 Å². The predicted molar refractivity (Wildman–Crippen MR) is 81.0 cm³/mol. The van der Waals surface area contributed by atoms with Gasteiger partial charge in [-0.3, -0.25) is 9.59 Å². The summed E-state index contributed by atoms with van der Waals surface area (Å²) in [6, 6.07) is 7.83. The average molecular weight is 301 g/mol. The number of carbonyl (C=O) groups is 2. The van der Waals surface area contributed by atoms with E-state index in [2.05, 4.69) is 15.7 Å². The van der Waals surface area contributed by atoms with Gasteiger partial charge in [0.2, 0.25) is 5.91 Å². The Bertz CT molecular complexity index is 589. The number of rotatable bonds is 6. The standard InChI is InChI=1S/C15H19N5O2/c1-4-5-14(21)17-11(2)15(22)20(3)19-18-13-8-6-12(10-16)7-9-13/h6-9,11H,4-5H2,1-3H3,(H,17,21)/t11-/m0/s1. The van der Waals surface area contributed by atoms with Gasteiger partial charge in [0.05, 0.1) is 17.3 Å². The quantitative estimate of drug-likeness (QED) is 0.644. The van der Waals surface area contributed by atoms with Crippen LogP contribution in [0.15, 0.2) is 34.6 Å². The highest BCUT2D eigenvalue weighted by Gasteiger charge is 2.19. The van der Waals surface area contributed by atoms with Crippen LogP contribution in [0.1, 0.15) is 32.3 Å². The van der Waals surface area contributed by atoms with Gasteiger partial charge in [0.15, 0.2) is 0 Å². The lowest BCUT2D eigenvalue weighted by atomic mass is 10.2. The Morgan fingerprint density at radius 3 is 2.55 bits per heavy atom. The molecule has 0 aliphatic rings. The van der Waals surface area contributed by atoms with E-state index in [9.17, 15) is 9.59 Å². The van der Waals surface area contributed by atoms with Crippen LogP contribution in [0, 0.1) is 11.3 Å². The lowest BCUT2D eigenvalue weighted by Crippen LogP contribution is -2.43. The van der Waals surface area contributed by atoms with Gasteiger partial charge in [-0.05, 0) is 37.6 Å². The molecule has 0 heterocycles. The third-order valence-corrected chi connectivity index (χ3v) is 2.83. The van der Waals surface area contributed by atoms with Gasteiger partial charge in [-0.1, -0.05) is 12.1 Å². The topological polar surface area (TPSA) is 97.9 Å². The molecule has 0 saturated carbocycles. The van der Waals surface area contributed by atoms with Crippen molar-refractivity contribution in [2.24, 2.45) is 10.3 Å². The minimum atomic E-state index is -0.663. The van der Waals surface area contributed by atoms with Gasteiger partial charge in [-0.2, -0.15) is 5.26 Å². The smallest absolute Gasteiger partial charge is 0.266 e. The van der Waals surface area contributed by atoms with Crippen LogP contribution in [-0.2, 0) is 9.59 Å². The molecule has 7 heteroatoms. The largest absolute Gasteiger partial charge is 0.345 e. The molecule has 0 unspecified atom stereocenters. The van der Waals surface area contributed by atoms with E-state index in [0.717, 1.165) is 11.4 Å². The molecule has 0 spiro atoms. The van der Waals surface area contributed by atoms with Gasteiger partial charge in [-0.25, -0.2) is 5.01 Å². The first-order valence-corrected chi connectivity index (χ1v) is 6.96. The van der Waals surface area contributed by atoms with Gasteiger partial charge in [-0.15, -0.1) is 5.11 Å². The molecule has 0 aromatic heterocycles. The summed E-state index contributed by atoms with van der Waals surface area (Å²) in [5.41, 5.74) is 1.05. The van der Waals surface area contributed by atoms with Crippen LogP contribution in [-0.4, -0.2) is 29.9 Å². The van der Waals surface area contributed by atoms with Crippen LogP contribution in [0.5, 0.6) is 0 Å². The van der Waals surface area contributed by atoms with Crippen molar-refractivity contribution in [3.63, 3.8) is 0 Å². The van der Waals surface area contributed by atoms with Crippen LogP contribution < -0.4 is 5.32 Å². The van der Waals surface area contributed by atoms with E-state index in [4.69, 9.17) is 5.26 Å². The Hall–Kier alpha value is -2.75. The van der Waals surface area contributed by atoms with E-state index >= 15 is 0 Å². The molecular weight excluding hydrogens is 282 g/mol. The van der Waals surface area contributed by atoms with E-state index < -0.39 is 6.04 Å². The number of likely N-dealkylation sites (N-methyl/N-ethyl adjacent to an activating group) is 1. The van der Waals surface area contributed by atoms with Crippen molar-refractivity contribution in [1.29, 1.82) is 5.26 Å². The minimum absolute atomic E-state index is 0.166. The van der Waals surface area contributed by atoms with Crippen LogP contribution >= 0.6 is 0 Å². The third kappa shape index (κ3) is 5.32. The molecule has 22 heavy (non-hydrogen) atoms. The zero-order valence-corrected chi connectivity index (χ0v) is 12.9. The maximum Gasteiger partial charge on any atom is 0.266 e. The second-order valence-electron chi connectivity index (χ2n) is 4.75. The number of nitrogens with one attached hydrogen (secondary N) is 1. The molecule has 0 aliphatic heterocycles. The normalized spacial score (nSPS) is 11.7. The fraction of sp³-hybridized carbons (Fsp3) is 0.400. The maximum atomic E-state index is 12.0. The summed E-state index contributed by atoms with van der Waals surface area (Å²) in [5, 5.41) is 20.1. The fourth-order valence-electron chi connectivity index (χ4n) is 1.65. The Morgan fingerprint density at radius 1 is 1.36 bits per heavy atom. The minimum Gasteiger partial charge on any atom is -0.345 e. The summed E-state index contributed by atoms with van der Waals surface area (Å²) in [4.78, 5) is 23.5. The number of hydrogen-bond donors (Lipinski definition) is 1. The van der Waals surface area contributed by atoms with Crippen molar-refractivity contribution >= 4 is 17.5 Å². The van der Waals surface area contributed by atoms with Gasteiger partial charge in [0.1, 0.15) is 6.04 Å². The predicted octanol–water partition coefficient (Wildman–Crippen LogP) is 2.32. The number of carbonyl (C=O) groups excluding carboxylic acids is 2. The summed E-state index contributed by atoms with van der Waals surface area (Å²) < 4.78 is 0. The molecule has 1 atom stereocenters. The van der Waals surface area contributed by atoms with Gasteiger partial charge in [0, 0.05) is 13.5 Å². The molecule has 2 amide bonds. The highest BCUT2D eigenvalue weighted by molar-refractivity contribution is 5.86. The zero-order valence-electron chi connectivity index (χ0n) is 12.9. The van der Waals surface area contributed by atoms with Crippen LogP contribution in [0.2, 0.25) is 0 Å². The summed E-state index contributed by atoms with van der Waals surface area (Å²) in [7, 11) is 1.47. The first-order valence-electron chi connectivity index (χ1n) is 6.96. The Labute approximate surface area is 129 Å². The van der Waals surface area contributed by atoms with E-state index in [1.807, 2.05) is 13.0 Å². The molecule has 116 valence electrons. The summed E-state index contributed by atoms with van der Waals surface area (Å²) in [6.45, 7) is 3.49. The number of benzene rings is 1. The molecule has 0 fully saturated rings. The van der Waals surface area contributed by atoms with E-state index in [1.54, 1.807) is 31.2 Å². The summed E-state index contributed by atoms with van der Waals surface area (Å²) in [6.07, 6.45) is 1.11. The average Bonchev–Trinajstić information content (AvgIpc) is 2.52. The maximum absolute atomic E-state index is 12.0. The first-order chi connectivity index (χ1) is 10.5. The van der Waals surface area contributed by atoms with Crippen LogP contribution in [0.4, 0.5) is 5.69 Å². The molecule has 1 rings (SSSR count). The van der Waals surface area contributed by atoms with Crippen molar-refractivity contribution in [3.05, 3.63) is 29.8 Å². The molecule has 1 aromatic rings. The van der Waals surface area contributed by atoms with Gasteiger partial charge < -0.3 is 5.32 Å². The van der Waals surface area contributed by atoms with Crippen LogP contribution in [0.25, 0.3) is 0 Å². The van der Waals surface area contributed by atoms with Crippen molar-refractivity contribution in [3.8, 4) is 6.07 Å². The molecule has 0 saturated heterocycles. The number of amides is 2. The molecule has 0 radical (unpaired) electrons. The van der Waals surface area contributed by atoms with Crippen molar-refractivity contribution in [2.75, 3.05) is 7.05 Å². The highest BCUT2D eigenvalue weighted by Crippen LogP contribution is 2.13. The number of hydrogen-bond acceptors (Lipinski definition) is 5. The Kier molecular flexibility index (Phi) is 6.70. The highest BCUT2D eigenvalue weighted by atomic mass is 16.2. The second-order valence-corrected chi connectivity index (χ2v) is 4.75. The molecule has 7 nitrogen and oxygen atoms in total. The number of nitrogens with zero attached hydrogens (tertiary/aromatic N) is 4. The molecule has 1 N–H and O–H groups in total. The lowest BCUT2D eigenvalue weighted by Gasteiger charge is -2.16. The van der Waals surface area contributed by atoms with Crippen LogP contribution in [0.3, 0.4) is 0 Å². The van der Waals surface area contributed by atoms with E-state index in [1.165, 1.54) is 7.05 Å². The van der Waals surface area contributed by atoms with Crippen molar-refractivity contribution in [1.82, 2.24) is 10.3 Å². The van der Waals surface area contributed by atoms with Gasteiger partial charge >= 0.3 is 0 Å². The molecular formula is C15H19N5O2. The van der Waals surface area contributed by atoms with Crippen molar-refractivity contribution < 1.29 is 9.59 Å². The monoisotopic (exact) mass is 301 g/mol. The first kappa shape index (κ1) is 17.3. The van der Waals surface area contributed by atoms with E-state index in [-0.39, 0.29) is 11.8 Å². The van der Waals surface area contributed by atoms with E-state index in [0.29, 0.717) is 17.7 Å². The molecule has 1 aromatic carbocycles. The SMILES string of the molecule is CCCC(=O)N[C@@H](C)C(=O)N(C)N=Nc1ccc(C#N)cc1. The second kappa shape index (κ2) is 8.52. The summed E-state index contributed by atoms with van der Waals surface area (Å²) in [5.74, 6) is -0.525. The zero-order chi connectivity index (χ0) is 16.5. The molecule has 0 bridgehead atoms. The Balaban J connectivity index is 2.60.